The number of aryl methyl sites for hydroxylation is 1. The molecule has 3 nitrogen and oxygen atoms in total. The van der Waals surface area contributed by atoms with Crippen LogP contribution in [0, 0.1) is 6.92 Å². The van der Waals surface area contributed by atoms with Gasteiger partial charge in [-0.15, -0.1) is 11.3 Å². The molecule has 1 aromatic heterocycles. The van der Waals surface area contributed by atoms with E-state index < -0.39 is 6.04 Å². The summed E-state index contributed by atoms with van der Waals surface area (Å²) in [6, 6.07) is 3.76. The number of hydrogen-bond donors (Lipinski definition) is 2. The Morgan fingerprint density at radius 2 is 2.27 bits per heavy atom. The maximum Gasteiger partial charge on any atom is 0.237 e. The largest absolute Gasteiger partial charge is 0.347 e. The second kappa shape index (κ2) is 5.28. The van der Waals surface area contributed by atoms with E-state index in [0.29, 0.717) is 6.42 Å². The summed E-state index contributed by atoms with van der Waals surface area (Å²) in [4.78, 5) is 14.0. The number of amides is 1. The highest BCUT2D eigenvalue weighted by Crippen LogP contribution is 2.22. The topological polar surface area (TPSA) is 55.1 Å². The molecule has 1 rings (SSSR count). The van der Waals surface area contributed by atoms with Crippen LogP contribution < -0.4 is 11.1 Å². The van der Waals surface area contributed by atoms with Crippen LogP contribution in [0.1, 0.15) is 36.1 Å². The highest BCUT2D eigenvalue weighted by atomic mass is 32.1. The van der Waals surface area contributed by atoms with Gasteiger partial charge in [0.2, 0.25) is 5.91 Å². The van der Waals surface area contributed by atoms with Gasteiger partial charge in [0, 0.05) is 9.75 Å². The SMILES string of the molecule is CC[C@@H](N)C(=O)NC(C)c1ccc(C)s1. The molecule has 3 N–H and O–H groups in total. The number of nitrogens with one attached hydrogen (secondary N) is 1. The first-order valence-electron chi connectivity index (χ1n) is 5.17. The maximum atomic E-state index is 11.5. The Balaban J connectivity index is 2.56. The molecule has 0 radical (unpaired) electrons. The van der Waals surface area contributed by atoms with Crippen LogP contribution in [0.3, 0.4) is 0 Å². The molecule has 0 bridgehead atoms. The van der Waals surface area contributed by atoms with Crippen molar-refractivity contribution in [2.45, 2.75) is 39.3 Å². The molecule has 0 spiro atoms. The van der Waals surface area contributed by atoms with E-state index in [1.54, 1.807) is 11.3 Å². The second-order valence-corrected chi connectivity index (χ2v) is 5.01. The lowest BCUT2D eigenvalue weighted by atomic mass is 10.2. The summed E-state index contributed by atoms with van der Waals surface area (Å²) in [5.41, 5.74) is 5.64. The third-order valence-electron chi connectivity index (χ3n) is 2.32. The number of carbonyl (C=O) groups is 1. The van der Waals surface area contributed by atoms with E-state index in [-0.39, 0.29) is 11.9 Å². The zero-order valence-electron chi connectivity index (χ0n) is 9.41. The summed E-state index contributed by atoms with van der Waals surface area (Å²) >= 11 is 1.70. The molecule has 1 heterocycles. The summed E-state index contributed by atoms with van der Waals surface area (Å²) in [5, 5.41) is 2.91. The predicted molar refractivity (Wildman–Crippen MR) is 63.9 cm³/mol. The Kier molecular flexibility index (Phi) is 4.29. The molecule has 0 fully saturated rings. The Morgan fingerprint density at radius 3 is 2.73 bits per heavy atom. The molecule has 0 aliphatic carbocycles. The quantitative estimate of drug-likeness (QED) is 0.824. The fourth-order valence-electron chi connectivity index (χ4n) is 1.26. The summed E-state index contributed by atoms with van der Waals surface area (Å²) in [6.07, 6.45) is 0.669. The molecule has 0 aromatic carbocycles. The molecule has 0 aliphatic rings. The van der Waals surface area contributed by atoms with E-state index in [2.05, 4.69) is 18.3 Å². The number of carbonyl (C=O) groups excluding carboxylic acids is 1. The van der Waals surface area contributed by atoms with E-state index in [9.17, 15) is 4.79 Å². The van der Waals surface area contributed by atoms with Gasteiger partial charge in [-0.25, -0.2) is 0 Å². The summed E-state index contributed by atoms with van der Waals surface area (Å²) < 4.78 is 0. The normalized spacial score (nSPS) is 14.7. The van der Waals surface area contributed by atoms with Gasteiger partial charge in [0.15, 0.2) is 0 Å². The highest BCUT2D eigenvalue weighted by Gasteiger charge is 2.15. The molecule has 1 amide bonds. The zero-order chi connectivity index (χ0) is 11.4. The first kappa shape index (κ1) is 12.2. The Hall–Kier alpha value is -0.870. The lowest BCUT2D eigenvalue weighted by molar-refractivity contribution is -0.123. The van der Waals surface area contributed by atoms with Crippen molar-refractivity contribution in [3.63, 3.8) is 0 Å². The third kappa shape index (κ3) is 3.32. The van der Waals surface area contributed by atoms with Crippen molar-refractivity contribution in [1.29, 1.82) is 0 Å². The van der Waals surface area contributed by atoms with Gasteiger partial charge in [-0.2, -0.15) is 0 Å². The van der Waals surface area contributed by atoms with Crippen LogP contribution in [-0.2, 0) is 4.79 Å². The smallest absolute Gasteiger partial charge is 0.237 e. The Labute approximate surface area is 94.7 Å². The minimum atomic E-state index is -0.395. The number of hydrogen-bond acceptors (Lipinski definition) is 3. The van der Waals surface area contributed by atoms with Crippen molar-refractivity contribution in [1.82, 2.24) is 5.32 Å². The maximum absolute atomic E-state index is 11.5. The molecule has 1 unspecified atom stereocenters. The van der Waals surface area contributed by atoms with Crippen LogP contribution in [-0.4, -0.2) is 11.9 Å². The van der Waals surface area contributed by atoms with Crippen LogP contribution in [0.15, 0.2) is 12.1 Å². The lowest BCUT2D eigenvalue weighted by Gasteiger charge is -2.15. The molecular formula is C11H18N2OS. The van der Waals surface area contributed by atoms with Crippen LogP contribution in [0.4, 0.5) is 0 Å². The fourth-order valence-corrected chi connectivity index (χ4v) is 2.14. The van der Waals surface area contributed by atoms with Crippen molar-refractivity contribution in [2.24, 2.45) is 5.73 Å². The van der Waals surface area contributed by atoms with E-state index in [1.807, 2.05) is 19.9 Å². The molecule has 0 saturated heterocycles. The average molecular weight is 226 g/mol. The molecule has 1 aromatic rings. The van der Waals surface area contributed by atoms with Crippen LogP contribution in [0.5, 0.6) is 0 Å². The van der Waals surface area contributed by atoms with Gasteiger partial charge in [0.05, 0.1) is 12.1 Å². The molecule has 2 atom stereocenters. The van der Waals surface area contributed by atoms with Gasteiger partial charge in [-0.3, -0.25) is 4.79 Å². The summed E-state index contributed by atoms with van der Waals surface area (Å²) in [6.45, 7) is 5.94. The lowest BCUT2D eigenvalue weighted by Crippen LogP contribution is -2.40. The molecule has 15 heavy (non-hydrogen) atoms. The van der Waals surface area contributed by atoms with Gasteiger partial charge < -0.3 is 11.1 Å². The summed E-state index contributed by atoms with van der Waals surface area (Å²) in [7, 11) is 0. The van der Waals surface area contributed by atoms with Crippen LogP contribution in [0.25, 0.3) is 0 Å². The zero-order valence-corrected chi connectivity index (χ0v) is 10.2. The Morgan fingerprint density at radius 1 is 1.60 bits per heavy atom. The van der Waals surface area contributed by atoms with E-state index >= 15 is 0 Å². The molecule has 0 aliphatic heterocycles. The number of nitrogens with two attached hydrogens (primary N) is 1. The fraction of sp³-hybridized carbons (Fsp3) is 0.545. The van der Waals surface area contributed by atoms with Crippen molar-refractivity contribution in [3.05, 3.63) is 21.9 Å². The van der Waals surface area contributed by atoms with Gasteiger partial charge in [-0.1, -0.05) is 6.92 Å². The van der Waals surface area contributed by atoms with Gasteiger partial charge in [-0.05, 0) is 32.4 Å². The van der Waals surface area contributed by atoms with Gasteiger partial charge >= 0.3 is 0 Å². The van der Waals surface area contributed by atoms with E-state index in [1.165, 1.54) is 9.75 Å². The van der Waals surface area contributed by atoms with E-state index in [4.69, 9.17) is 5.73 Å². The van der Waals surface area contributed by atoms with Crippen molar-refractivity contribution < 1.29 is 4.79 Å². The van der Waals surface area contributed by atoms with Crippen molar-refractivity contribution in [2.75, 3.05) is 0 Å². The van der Waals surface area contributed by atoms with Crippen molar-refractivity contribution in [3.8, 4) is 0 Å². The molecule has 0 saturated carbocycles. The first-order chi connectivity index (χ1) is 7.04. The third-order valence-corrected chi connectivity index (χ3v) is 3.51. The number of rotatable bonds is 4. The monoisotopic (exact) mass is 226 g/mol. The second-order valence-electron chi connectivity index (χ2n) is 3.69. The molecule has 84 valence electrons. The number of thiophene rings is 1. The molecular weight excluding hydrogens is 208 g/mol. The average Bonchev–Trinajstić information content (AvgIpc) is 2.63. The highest BCUT2D eigenvalue weighted by molar-refractivity contribution is 7.12. The molecule has 4 heteroatoms. The van der Waals surface area contributed by atoms with Crippen LogP contribution in [0.2, 0.25) is 0 Å². The first-order valence-corrected chi connectivity index (χ1v) is 5.98. The van der Waals surface area contributed by atoms with Crippen molar-refractivity contribution >= 4 is 17.2 Å². The standard InChI is InChI=1S/C11H18N2OS/c1-4-9(12)11(14)13-8(3)10-6-5-7(2)15-10/h5-6,8-9H,4,12H2,1-3H3,(H,13,14)/t8?,9-/m1/s1. The minimum Gasteiger partial charge on any atom is -0.347 e. The summed E-state index contributed by atoms with van der Waals surface area (Å²) in [5.74, 6) is -0.0731. The Bertz CT molecular complexity index is 335. The predicted octanol–water partition coefficient (Wildman–Crippen LogP) is 1.97. The van der Waals surface area contributed by atoms with Crippen LogP contribution >= 0.6 is 11.3 Å². The van der Waals surface area contributed by atoms with E-state index in [0.717, 1.165) is 0 Å². The minimum absolute atomic E-state index is 0.0498. The van der Waals surface area contributed by atoms with Gasteiger partial charge in [0.1, 0.15) is 0 Å². The van der Waals surface area contributed by atoms with Gasteiger partial charge in [0.25, 0.3) is 0 Å².